The zero-order valence-electron chi connectivity index (χ0n) is 18.8. The van der Waals surface area contributed by atoms with E-state index in [1.165, 1.54) is 7.05 Å². The van der Waals surface area contributed by atoms with Crippen molar-refractivity contribution >= 4 is 21.6 Å². The van der Waals surface area contributed by atoms with Gasteiger partial charge in [0.1, 0.15) is 5.75 Å². The van der Waals surface area contributed by atoms with E-state index in [9.17, 15) is 13.2 Å². The molecule has 0 radical (unpaired) electrons. The smallest absolute Gasteiger partial charge is 0.240 e. The molecule has 1 aliphatic carbocycles. The highest BCUT2D eigenvalue weighted by molar-refractivity contribution is 7.89. The Hall–Kier alpha value is -3.16. The van der Waals surface area contributed by atoms with Crippen LogP contribution in [0.5, 0.6) is 5.75 Å². The summed E-state index contributed by atoms with van der Waals surface area (Å²) in [5.41, 5.74) is 2.93. The molecule has 0 unspecified atom stereocenters. The van der Waals surface area contributed by atoms with Crippen molar-refractivity contribution in [3.8, 4) is 16.9 Å². The van der Waals surface area contributed by atoms with Crippen LogP contribution < -0.4 is 14.8 Å². The number of hydrogen-bond acceptors (Lipinski definition) is 4. The summed E-state index contributed by atoms with van der Waals surface area (Å²) in [6.07, 6.45) is 3.65. The van der Waals surface area contributed by atoms with E-state index in [-0.39, 0.29) is 10.8 Å². The molecule has 2 N–H and O–H groups in total. The lowest BCUT2D eigenvalue weighted by atomic mass is 9.78. The van der Waals surface area contributed by atoms with Crippen LogP contribution >= 0.6 is 0 Å². The lowest BCUT2D eigenvalue weighted by molar-refractivity contribution is -0.121. The van der Waals surface area contributed by atoms with Gasteiger partial charge in [0.25, 0.3) is 0 Å². The largest absolute Gasteiger partial charge is 0.497 e. The van der Waals surface area contributed by atoms with Gasteiger partial charge in [-0.1, -0.05) is 49.2 Å². The predicted molar refractivity (Wildman–Crippen MR) is 130 cm³/mol. The molecule has 1 fully saturated rings. The molecular weight excluding hydrogens is 436 g/mol. The summed E-state index contributed by atoms with van der Waals surface area (Å²) in [6.45, 7) is 0. The molecule has 4 rings (SSSR count). The second-order valence-electron chi connectivity index (χ2n) is 8.28. The average Bonchev–Trinajstić information content (AvgIpc) is 3.36. The van der Waals surface area contributed by atoms with Crippen LogP contribution in [0.3, 0.4) is 0 Å². The van der Waals surface area contributed by atoms with Crippen molar-refractivity contribution in [2.75, 3.05) is 19.5 Å². The fourth-order valence-electron chi connectivity index (χ4n) is 4.51. The number of sulfonamides is 1. The molecule has 0 atom stereocenters. The maximum absolute atomic E-state index is 13.5. The third kappa shape index (κ3) is 4.65. The molecule has 172 valence electrons. The Morgan fingerprint density at radius 2 is 1.58 bits per heavy atom. The number of rotatable bonds is 7. The molecule has 7 heteroatoms. The molecule has 0 bridgehead atoms. The van der Waals surface area contributed by atoms with Crippen LogP contribution in [-0.4, -0.2) is 28.5 Å². The minimum absolute atomic E-state index is 0.00206. The number of benzene rings is 3. The van der Waals surface area contributed by atoms with Crippen molar-refractivity contribution < 1.29 is 17.9 Å². The zero-order chi connectivity index (χ0) is 23.5. The number of ether oxygens (including phenoxy) is 1. The number of carbonyl (C=O) groups is 1. The van der Waals surface area contributed by atoms with E-state index in [0.29, 0.717) is 5.69 Å². The van der Waals surface area contributed by atoms with Crippen LogP contribution in [0.25, 0.3) is 11.1 Å². The minimum Gasteiger partial charge on any atom is -0.497 e. The number of carbonyl (C=O) groups excluding carboxylic acids is 1. The van der Waals surface area contributed by atoms with Crippen molar-refractivity contribution in [2.45, 2.75) is 36.0 Å². The van der Waals surface area contributed by atoms with E-state index < -0.39 is 15.4 Å². The lowest BCUT2D eigenvalue weighted by Crippen LogP contribution is -2.37. The number of amides is 1. The van der Waals surface area contributed by atoms with E-state index in [1.54, 1.807) is 31.4 Å². The quantitative estimate of drug-likeness (QED) is 0.530. The number of methoxy groups -OCH3 is 1. The molecule has 3 aromatic rings. The predicted octanol–water partition coefficient (Wildman–Crippen LogP) is 4.72. The highest BCUT2D eigenvalue weighted by Gasteiger charge is 2.42. The standard InChI is InChI=1S/C26H28N2O4S/c1-27-33(30,31)24-14-8-19(9-15-24)20-6-5-7-22(18-20)28-25(29)26(16-3-4-17-26)21-10-12-23(32-2)13-11-21/h5-15,18,27H,3-4,16-17H2,1-2H3,(H,28,29). The average molecular weight is 465 g/mol. The fourth-order valence-corrected chi connectivity index (χ4v) is 5.24. The molecule has 1 aliphatic rings. The van der Waals surface area contributed by atoms with Crippen LogP contribution in [-0.2, 0) is 20.2 Å². The zero-order valence-corrected chi connectivity index (χ0v) is 19.6. The summed E-state index contributed by atoms with van der Waals surface area (Å²) in [5.74, 6) is 0.770. The Morgan fingerprint density at radius 3 is 2.18 bits per heavy atom. The Morgan fingerprint density at radius 1 is 0.909 bits per heavy atom. The van der Waals surface area contributed by atoms with E-state index in [1.807, 2.05) is 48.5 Å². The van der Waals surface area contributed by atoms with Gasteiger partial charge in [-0.25, -0.2) is 13.1 Å². The number of anilines is 1. The van der Waals surface area contributed by atoms with E-state index in [2.05, 4.69) is 10.0 Å². The van der Waals surface area contributed by atoms with Gasteiger partial charge in [-0.15, -0.1) is 0 Å². The van der Waals surface area contributed by atoms with Gasteiger partial charge < -0.3 is 10.1 Å². The van der Waals surface area contributed by atoms with E-state index in [0.717, 1.165) is 48.1 Å². The molecule has 0 aromatic heterocycles. The molecule has 3 aromatic carbocycles. The first-order valence-corrected chi connectivity index (χ1v) is 12.5. The molecule has 33 heavy (non-hydrogen) atoms. The van der Waals surface area contributed by atoms with Crippen LogP contribution in [0.1, 0.15) is 31.2 Å². The summed E-state index contributed by atoms with van der Waals surface area (Å²) < 4.78 is 31.5. The van der Waals surface area contributed by atoms with Crippen molar-refractivity contribution in [1.29, 1.82) is 0 Å². The van der Waals surface area contributed by atoms with Gasteiger partial charge in [-0.3, -0.25) is 4.79 Å². The third-order valence-electron chi connectivity index (χ3n) is 6.42. The molecule has 0 saturated heterocycles. The van der Waals surface area contributed by atoms with E-state index in [4.69, 9.17) is 4.74 Å². The Bertz CT molecular complexity index is 1230. The van der Waals surface area contributed by atoms with Gasteiger partial charge in [-0.05, 0) is 73.0 Å². The van der Waals surface area contributed by atoms with Gasteiger partial charge in [0, 0.05) is 5.69 Å². The van der Waals surface area contributed by atoms with Gasteiger partial charge in [0.2, 0.25) is 15.9 Å². The maximum Gasteiger partial charge on any atom is 0.240 e. The number of hydrogen-bond donors (Lipinski definition) is 2. The Balaban J connectivity index is 1.58. The van der Waals surface area contributed by atoms with Crippen LogP contribution in [0.4, 0.5) is 5.69 Å². The maximum atomic E-state index is 13.5. The summed E-state index contributed by atoms with van der Waals surface area (Å²) in [7, 11) is -0.464. The monoisotopic (exact) mass is 464 g/mol. The summed E-state index contributed by atoms with van der Waals surface area (Å²) in [6, 6.07) is 22.1. The Labute approximate surface area is 195 Å². The number of nitrogens with one attached hydrogen (secondary N) is 2. The molecule has 0 aliphatic heterocycles. The molecule has 1 saturated carbocycles. The second kappa shape index (κ2) is 9.37. The van der Waals surface area contributed by atoms with Crippen molar-refractivity contribution in [3.05, 3.63) is 78.4 Å². The van der Waals surface area contributed by atoms with Crippen molar-refractivity contribution in [2.24, 2.45) is 0 Å². The molecular formula is C26H28N2O4S. The van der Waals surface area contributed by atoms with E-state index >= 15 is 0 Å². The molecule has 6 nitrogen and oxygen atoms in total. The van der Waals surface area contributed by atoms with Gasteiger partial charge in [0.15, 0.2) is 0 Å². The highest BCUT2D eigenvalue weighted by atomic mass is 32.2. The highest BCUT2D eigenvalue weighted by Crippen LogP contribution is 2.42. The first-order chi connectivity index (χ1) is 15.9. The minimum atomic E-state index is -3.48. The molecule has 1 amide bonds. The van der Waals surface area contributed by atoms with Gasteiger partial charge in [0.05, 0.1) is 17.4 Å². The van der Waals surface area contributed by atoms with Gasteiger partial charge >= 0.3 is 0 Å². The third-order valence-corrected chi connectivity index (χ3v) is 7.85. The Kier molecular flexibility index (Phi) is 6.54. The first kappa shape index (κ1) is 23.0. The normalized spacial score (nSPS) is 15.2. The lowest BCUT2D eigenvalue weighted by Gasteiger charge is -2.28. The van der Waals surface area contributed by atoms with Crippen molar-refractivity contribution in [1.82, 2.24) is 4.72 Å². The second-order valence-corrected chi connectivity index (χ2v) is 10.2. The first-order valence-electron chi connectivity index (χ1n) is 11.0. The summed E-state index contributed by atoms with van der Waals surface area (Å²) in [4.78, 5) is 13.7. The van der Waals surface area contributed by atoms with Crippen molar-refractivity contribution in [3.63, 3.8) is 0 Å². The SMILES string of the molecule is CNS(=O)(=O)c1ccc(-c2cccc(NC(=O)C3(c4ccc(OC)cc4)CCCC3)c2)cc1. The fraction of sp³-hybridized carbons (Fsp3) is 0.269. The van der Waals surface area contributed by atoms with Crippen LogP contribution in [0, 0.1) is 0 Å². The van der Waals surface area contributed by atoms with Crippen LogP contribution in [0.2, 0.25) is 0 Å². The molecule has 0 heterocycles. The summed E-state index contributed by atoms with van der Waals surface area (Å²) >= 11 is 0. The van der Waals surface area contributed by atoms with Crippen LogP contribution in [0.15, 0.2) is 77.7 Å². The molecule has 0 spiro atoms. The van der Waals surface area contributed by atoms with Gasteiger partial charge in [-0.2, -0.15) is 0 Å². The summed E-state index contributed by atoms with van der Waals surface area (Å²) in [5, 5.41) is 3.13. The topological polar surface area (TPSA) is 84.5 Å².